The molecule has 0 radical (unpaired) electrons. The summed E-state index contributed by atoms with van der Waals surface area (Å²) in [6.07, 6.45) is 2.44. The Balaban J connectivity index is 1.52. The van der Waals surface area contributed by atoms with Crippen molar-refractivity contribution >= 4 is 78.8 Å². The number of nitrogens with one attached hydrogen (secondary N) is 1. The lowest BCUT2D eigenvalue weighted by atomic mass is 10.1. The maximum atomic E-state index is 13.3. The van der Waals surface area contributed by atoms with Crippen LogP contribution in [0.25, 0.3) is 10.9 Å². The predicted octanol–water partition coefficient (Wildman–Crippen LogP) is 6.83. The van der Waals surface area contributed by atoms with Gasteiger partial charge in [-0.15, -0.1) is 0 Å². The number of aromatic nitrogens is 2. The van der Waals surface area contributed by atoms with E-state index in [-0.39, 0.29) is 24.0 Å². The third kappa shape index (κ3) is 6.77. The number of nitrogens with zero attached hydrogens (tertiary/aromatic N) is 3. The van der Waals surface area contributed by atoms with Gasteiger partial charge >= 0.3 is 0 Å². The minimum atomic E-state index is -0.281. The molecule has 4 rings (SSSR count). The van der Waals surface area contributed by atoms with E-state index in [1.807, 2.05) is 38.1 Å². The molecule has 190 valence electrons. The van der Waals surface area contributed by atoms with Crippen LogP contribution in [0, 0.1) is 3.57 Å². The molecule has 1 aromatic heterocycles. The summed E-state index contributed by atoms with van der Waals surface area (Å²) in [4.78, 5) is 30.2. The molecule has 0 spiro atoms. The molecule has 0 aliphatic carbocycles. The number of hydrogen-bond acceptors (Lipinski definition) is 5. The van der Waals surface area contributed by atoms with Gasteiger partial charge in [-0.1, -0.05) is 41.4 Å². The number of rotatable bonds is 8. The second-order valence-electron chi connectivity index (χ2n) is 8.34. The Labute approximate surface area is 241 Å². The van der Waals surface area contributed by atoms with E-state index in [2.05, 4.69) is 48.9 Å². The Kier molecular flexibility index (Phi) is 8.99. The molecule has 1 N–H and O–H groups in total. The Morgan fingerprint density at radius 3 is 2.68 bits per heavy atom. The summed E-state index contributed by atoms with van der Waals surface area (Å²) in [5, 5.41) is 8.36. The summed E-state index contributed by atoms with van der Waals surface area (Å²) >= 11 is 11.4. The number of benzene rings is 3. The number of anilines is 1. The van der Waals surface area contributed by atoms with Crippen LogP contribution in [0.1, 0.15) is 37.6 Å². The van der Waals surface area contributed by atoms with Crippen LogP contribution >= 0.6 is 50.1 Å². The van der Waals surface area contributed by atoms with E-state index in [4.69, 9.17) is 21.3 Å². The van der Waals surface area contributed by atoms with Gasteiger partial charge in [-0.3, -0.25) is 9.59 Å². The molecule has 10 heteroatoms. The van der Waals surface area contributed by atoms with E-state index in [0.717, 1.165) is 20.0 Å². The highest BCUT2D eigenvalue weighted by atomic mass is 127. The van der Waals surface area contributed by atoms with Crippen molar-refractivity contribution in [3.05, 3.63) is 95.5 Å². The minimum Gasteiger partial charge on any atom is -0.483 e. The fourth-order valence-electron chi connectivity index (χ4n) is 3.49. The van der Waals surface area contributed by atoms with Crippen molar-refractivity contribution in [1.82, 2.24) is 9.66 Å². The van der Waals surface area contributed by atoms with Crippen molar-refractivity contribution in [2.45, 2.75) is 26.2 Å². The zero-order valence-corrected chi connectivity index (χ0v) is 24.5. The van der Waals surface area contributed by atoms with Crippen molar-refractivity contribution in [2.24, 2.45) is 5.10 Å². The molecule has 0 aliphatic rings. The van der Waals surface area contributed by atoms with Crippen LogP contribution in [-0.4, -0.2) is 28.4 Å². The first-order chi connectivity index (χ1) is 17.7. The first kappa shape index (κ1) is 27.3. The summed E-state index contributed by atoms with van der Waals surface area (Å²) in [5.74, 6) is 0.947. The minimum absolute atomic E-state index is 0.0489. The number of ether oxygens (including phenoxy) is 1. The van der Waals surface area contributed by atoms with Crippen LogP contribution in [0.5, 0.6) is 5.75 Å². The molecule has 37 heavy (non-hydrogen) atoms. The molecule has 0 saturated carbocycles. The average Bonchev–Trinajstić information content (AvgIpc) is 2.88. The quantitative estimate of drug-likeness (QED) is 0.162. The lowest BCUT2D eigenvalue weighted by molar-refractivity contribution is -0.118. The monoisotopic (exact) mass is 692 g/mol. The van der Waals surface area contributed by atoms with E-state index in [0.29, 0.717) is 33.2 Å². The molecule has 7 nitrogen and oxygen atoms in total. The molecule has 0 aliphatic heterocycles. The molecule has 1 amide bonds. The van der Waals surface area contributed by atoms with Crippen LogP contribution < -0.4 is 15.6 Å². The summed E-state index contributed by atoms with van der Waals surface area (Å²) < 4.78 is 8.68. The number of halogens is 3. The van der Waals surface area contributed by atoms with Crippen LogP contribution in [0.3, 0.4) is 0 Å². The number of carbonyl (C=O) groups excluding carboxylic acids is 1. The molecular weight excluding hydrogens is 671 g/mol. The smallest absolute Gasteiger partial charge is 0.282 e. The fraction of sp³-hybridized carbons (Fsp3) is 0.185. The zero-order chi connectivity index (χ0) is 26.5. The molecule has 4 aromatic rings. The summed E-state index contributed by atoms with van der Waals surface area (Å²) in [7, 11) is 0. The normalized spacial score (nSPS) is 12.1. The third-order valence-corrected chi connectivity index (χ3v) is 7.24. The van der Waals surface area contributed by atoms with E-state index in [1.165, 1.54) is 4.68 Å². The Hall–Kier alpha value is -2.76. The second-order valence-corrected chi connectivity index (χ2v) is 10.9. The number of amides is 1. The molecule has 1 heterocycles. The van der Waals surface area contributed by atoms with Gasteiger partial charge < -0.3 is 10.1 Å². The fourth-order valence-corrected chi connectivity index (χ4v) is 4.67. The maximum absolute atomic E-state index is 13.3. The van der Waals surface area contributed by atoms with E-state index >= 15 is 0 Å². The highest BCUT2D eigenvalue weighted by Crippen LogP contribution is 2.23. The first-order valence-electron chi connectivity index (χ1n) is 11.5. The lowest BCUT2D eigenvalue weighted by Crippen LogP contribution is -2.23. The Morgan fingerprint density at radius 1 is 1.22 bits per heavy atom. The maximum Gasteiger partial charge on any atom is 0.282 e. The first-order valence-corrected chi connectivity index (χ1v) is 13.7. The van der Waals surface area contributed by atoms with Gasteiger partial charge in [0.25, 0.3) is 11.5 Å². The van der Waals surface area contributed by atoms with Gasteiger partial charge in [0.1, 0.15) is 11.6 Å². The van der Waals surface area contributed by atoms with Crippen molar-refractivity contribution in [3.8, 4) is 5.75 Å². The molecule has 0 fully saturated rings. The standard InChI is InChI=1S/C27H23BrClIN4O3/c1-3-16(2)26-33-23-10-5-18(28)13-21(23)27(36)34(26)31-14-17-4-11-24(22(30)12-17)37-15-25(35)32-20-8-6-19(29)7-9-20/h4-14,16H,3,15H2,1-2H3,(H,32,35)/t16-/m1/s1. The van der Waals surface area contributed by atoms with Crippen LogP contribution in [-0.2, 0) is 4.79 Å². The van der Waals surface area contributed by atoms with Gasteiger partial charge in [0, 0.05) is 21.1 Å². The summed E-state index contributed by atoms with van der Waals surface area (Å²) in [5.41, 5.74) is 1.84. The predicted molar refractivity (Wildman–Crippen MR) is 160 cm³/mol. The molecular formula is C27H23BrClIN4O3. The van der Waals surface area contributed by atoms with Crippen molar-refractivity contribution in [2.75, 3.05) is 11.9 Å². The molecule has 0 bridgehead atoms. The van der Waals surface area contributed by atoms with Crippen molar-refractivity contribution in [1.29, 1.82) is 0 Å². The van der Waals surface area contributed by atoms with Gasteiger partial charge in [0.15, 0.2) is 6.61 Å². The lowest BCUT2D eigenvalue weighted by Gasteiger charge is -2.14. The summed E-state index contributed by atoms with van der Waals surface area (Å²) in [6.45, 7) is 3.93. The largest absolute Gasteiger partial charge is 0.483 e. The van der Waals surface area contributed by atoms with Gasteiger partial charge in [-0.05, 0) is 95.2 Å². The number of hydrogen-bond donors (Lipinski definition) is 1. The van der Waals surface area contributed by atoms with Gasteiger partial charge in [-0.2, -0.15) is 9.78 Å². The van der Waals surface area contributed by atoms with E-state index in [1.54, 1.807) is 42.6 Å². The highest BCUT2D eigenvalue weighted by molar-refractivity contribution is 14.1. The molecule has 0 unspecified atom stereocenters. The number of carbonyl (C=O) groups is 1. The van der Waals surface area contributed by atoms with Crippen LogP contribution in [0.15, 0.2) is 75.0 Å². The van der Waals surface area contributed by atoms with Crippen molar-refractivity contribution < 1.29 is 9.53 Å². The summed E-state index contributed by atoms with van der Waals surface area (Å²) in [6, 6.07) is 17.8. The van der Waals surface area contributed by atoms with Crippen molar-refractivity contribution in [3.63, 3.8) is 0 Å². The third-order valence-electron chi connectivity index (χ3n) is 5.65. The molecule has 1 atom stereocenters. The second kappa shape index (κ2) is 12.2. The SMILES string of the molecule is CC[C@@H](C)c1nc2ccc(Br)cc2c(=O)n1N=Cc1ccc(OCC(=O)Nc2ccc(Cl)cc2)c(I)c1. The van der Waals surface area contributed by atoms with Gasteiger partial charge in [0.05, 0.1) is 20.7 Å². The highest BCUT2D eigenvalue weighted by Gasteiger charge is 2.16. The van der Waals surface area contributed by atoms with Crippen LogP contribution in [0.2, 0.25) is 5.02 Å². The average molecular weight is 694 g/mol. The van der Waals surface area contributed by atoms with E-state index < -0.39 is 0 Å². The van der Waals surface area contributed by atoms with Gasteiger partial charge in [-0.25, -0.2) is 4.98 Å². The van der Waals surface area contributed by atoms with Crippen LogP contribution in [0.4, 0.5) is 5.69 Å². The number of fused-ring (bicyclic) bond motifs is 1. The topological polar surface area (TPSA) is 85.6 Å². The Morgan fingerprint density at radius 2 is 1.97 bits per heavy atom. The molecule has 0 saturated heterocycles. The van der Waals surface area contributed by atoms with E-state index in [9.17, 15) is 9.59 Å². The van der Waals surface area contributed by atoms with Gasteiger partial charge in [0.2, 0.25) is 0 Å². The molecule has 3 aromatic carbocycles. The zero-order valence-electron chi connectivity index (χ0n) is 20.0. The Bertz CT molecular complexity index is 1540.